The van der Waals surface area contributed by atoms with E-state index in [-0.39, 0.29) is 6.61 Å². The minimum Gasteiger partial charge on any atom is -0.497 e. The second-order valence-electron chi connectivity index (χ2n) is 3.97. The third-order valence-corrected chi connectivity index (χ3v) is 2.62. The summed E-state index contributed by atoms with van der Waals surface area (Å²) in [7, 11) is 1.62. The van der Waals surface area contributed by atoms with Gasteiger partial charge in [0.1, 0.15) is 29.6 Å². The molecule has 1 aromatic heterocycles. The molecule has 102 valence electrons. The molecule has 0 saturated carbocycles. The lowest BCUT2D eigenvalue weighted by Gasteiger charge is -2.05. The highest BCUT2D eigenvalue weighted by Crippen LogP contribution is 2.18. The van der Waals surface area contributed by atoms with Crippen LogP contribution in [0.1, 0.15) is 5.69 Å². The summed E-state index contributed by atoms with van der Waals surface area (Å²) in [6, 6.07) is 9.04. The first-order valence-electron chi connectivity index (χ1n) is 5.93. The number of anilines is 1. The molecule has 0 amide bonds. The summed E-state index contributed by atoms with van der Waals surface area (Å²) in [6.07, 6.45) is 0. The van der Waals surface area contributed by atoms with E-state index in [9.17, 15) is 0 Å². The van der Waals surface area contributed by atoms with Gasteiger partial charge in [-0.05, 0) is 24.3 Å². The number of benzene rings is 1. The predicted molar refractivity (Wildman–Crippen MR) is 71.1 cm³/mol. The summed E-state index contributed by atoms with van der Waals surface area (Å²) in [5, 5.41) is 13.1. The molecule has 0 unspecified atom stereocenters. The first kappa shape index (κ1) is 13.2. The highest BCUT2D eigenvalue weighted by Gasteiger charge is 2.05. The molecule has 2 rings (SSSR count). The highest BCUT2D eigenvalue weighted by molar-refractivity contribution is 5.32. The zero-order valence-corrected chi connectivity index (χ0v) is 10.7. The number of ether oxygens (including phenoxy) is 2. The summed E-state index contributed by atoms with van der Waals surface area (Å²) in [5.41, 5.74) is 6.48. The number of nitrogens with zero attached hydrogens (tertiary/aromatic N) is 2. The Morgan fingerprint density at radius 1 is 1.26 bits per heavy atom. The summed E-state index contributed by atoms with van der Waals surface area (Å²) in [5.74, 6) is 2.03. The first-order valence-corrected chi connectivity index (χ1v) is 5.93. The molecule has 0 atom stereocenters. The molecule has 19 heavy (non-hydrogen) atoms. The summed E-state index contributed by atoms with van der Waals surface area (Å²) in [4.78, 5) is 0. The van der Waals surface area contributed by atoms with E-state index in [1.54, 1.807) is 17.9 Å². The van der Waals surface area contributed by atoms with E-state index in [4.69, 9.17) is 20.3 Å². The molecule has 6 nitrogen and oxygen atoms in total. The number of aliphatic hydroxyl groups is 1. The van der Waals surface area contributed by atoms with Crippen molar-refractivity contribution in [3.63, 3.8) is 0 Å². The van der Waals surface area contributed by atoms with Crippen LogP contribution in [-0.2, 0) is 13.2 Å². The fourth-order valence-electron chi connectivity index (χ4n) is 1.66. The van der Waals surface area contributed by atoms with Crippen molar-refractivity contribution in [2.24, 2.45) is 0 Å². The summed E-state index contributed by atoms with van der Waals surface area (Å²) in [6.45, 7) is 0.716. The topological polar surface area (TPSA) is 82.5 Å². The van der Waals surface area contributed by atoms with Gasteiger partial charge in [-0.1, -0.05) is 0 Å². The molecule has 0 bridgehead atoms. The van der Waals surface area contributed by atoms with Gasteiger partial charge in [0.2, 0.25) is 0 Å². The van der Waals surface area contributed by atoms with E-state index in [0.717, 1.165) is 17.2 Å². The fourth-order valence-corrected chi connectivity index (χ4v) is 1.66. The average Bonchev–Trinajstić information content (AvgIpc) is 2.78. The Hall–Kier alpha value is -2.21. The molecular weight excluding hydrogens is 246 g/mol. The van der Waals surface area contributed by atoms with Crippen molar-refractivity contribution in [1.29, 1.82) is 0 Å². The van der Waals surface area contributed by atoms with E-state index >= 15 is 0 Å². The van der Waals surface area contributed by atoms with Crippen molar-refractivity contribution in [3.8, 4) is 11.5 Å². The summed E-state index contributed by atoms with van der Waals surface area (Å²) >= 11 is 0. The molecule has 0 saturated heterocycles. The van der Waals surface area contributed by atoms with Crippen LogP contribution < -0.4 is 15.2 Å². The van der Waals surface area contributed by atoms with Gasteiger partial charge in [-0.2, -0.15) is 5.10 Å². The molecule has 0 aliphatic carbocycles. The lowest BCUT2D eigenvalue weighted by molar-refractivity contribution is 0.266. The second kappa shape index (κ2) is 6.10. The van der Waals surface area contributed by atoms with Gasteiger partial charge in [0.05, 0.1) is 20.3 Å². The molecule has 0 radical (unpaired) electrons. The Labute approximate surface area is 111 Å². The first-order chi connectivity index (χ1) is 9.22. The maximum atomic E-state index is 8.85. The molecule has 0 aliphatic rings. The maximum absolute atomic E-state index is 8.85. The Morgan fingerprint density at radius 3 is 2.58 bits per heavy atom. The van der Waals surface area contributed by atoms with Crippen molar-refractivity contribution in [2.45, 2.75) is 13.2 Å². The second-order valence-corrected chi connectivity index (χ2v) is 3.97. The molecule has 0 fully saturated rings. The van der Waals surface area contributed by atoms with Gasteiger partial charge >= 0.3 is 0 Å². The molecule has 2 aromatic rings. The van der Waals surface area contributed by atoms with Crippen molar-refractivity contribution in [1.82, 2.24) is 9.78 Å². The number of nitrogens with two attached hydrogens (primary N) is 1. The molecule has 0 spiro atoms. The van der Waals surface area contributed by atoms with Crippen LogP contribution in [0.2, 0.25) is 0 Å². The number of aliphatic hydroxyl groups excluding tert-OH is 1. The minimum absolute atomic E-state index is 0.00462. The number of rotatable bonds is 6. The number of methoxy groups -OCH3 is 1. The minimum atomic E-state index is 0.00462. The third kappa shape index (κ3) is 3.38. The zero-order chi connectivity index (χ0) is 13.7. The average molecular weight is 263 g/mol. The Bertz CT molecular complexity index is 522. The normalized spacial score (nSPS) is 10.4. The van der Waals surface area contributed by atoms with Gasteiger partial charge < -0.3 is 20.3 Å². The van der Waals surface area contributed by atoms with E-state index in [1.165, 1.54) is 0 Å². The SMILES string of the molecule is COc1ccc(OCc2cc(N)n(CCO)n2)cc1. The summed E-state index contributed by atoms with van der Waals surface area (Å²) < 4.78 is 12.2. The van der Waals surface area contributed by atoms with Gasteiger partial charge in [0.15, 0.2) is 0 Å². The van der Waals surface area contributed by atoms with Gasteiger partial charge in [0, 0.05) is 6.07 Å². The smallest absolute Gasteiger partial charge is 0.132 e. The predicted octanol–water partition coefficient (Wildman–Crippen LogP) is 1.05. The van der Waals surface area contributed by atoms with Crippen LogP contribution in [-0.4, -0.2) is 28.6 Å². The van der Waals surface area contributed by atoms with Crippen molar-refractivity contribution >= 4 is 5.82 Å². The molecule has 1 heterocycles. The van der Waals surface area contributed by atoms with E-state index in [2.05, 4.69) is 5.10 Å². The third-order valence-electron chi connectivity index (χ3n) is 2.62. The maximum Gasteiger partial charge on any atom is 0.132 e. The standard InChI is InChI=1S/C13H17N3O3/c1-18-11-2-4-12(5-3-11)19-9-10-8-13(14)16(15-10)6-7-17/h2-5,8,17H,6-7,9,14H2,1H3. The quantitative estimate of drug-likeness (QED) is 0.814. The molecule has 3 N–H and O–H groups in total. The molecular formula is C13H17N3O3. The number of nitrogen functional groups attached to an aromatic ring is 1. The van der Waals surface area contributed by atoms with Crippen molar-refractivity contribution in [2.75, 3.05) is 19.5 Å². The van der Waals surface area contributed by atoms with E-state index < -0.39 is 0 Å². The van der Waals surface area contributed by atoms with Gasteiger partial charge in [-0.3, -0.25) is 0 Å². The lowest BCUT2D eigenvalue weighted by atomic mass is 10.3. The van der Waals surface area contributed by atoms with Crippen LogP contribution in [0.25, 0.3) is 0 Å². The number of hydrogen-bond donors (Lipinski definition) is 2. The van der Waals surface area contributed by atoms with Crippen molar-refractivity contribution in [3.05, 3.63) is 36.0 Å². The Kier molecular flexibility index (Phi) is 4.25. The molecule has 0 aliphatic heterocycles. The number of aromatic nitrogens is 2. The van der Waals surface area contributed by atoms with Gasteiger partial charge in [-0.25, -0.2) is 4.68 Å². The van der Waals surface area contributed by atoms with E-state index in [1.807, 2.05) is 24.3 Å². The Balaban J connectivity index is 1.95. The zero-order valence-electron chi connectivity index (χ0n) is 10.7. The van der Waals surface area contributed by atoms with Gasteiger partial charge in [-0.15, -0.1) is 0 Å². The monoisotopic (exact) mass is 263 g/mol. The molecule has 1 aromatic carbocycles. The Morgan fingerprint density at radius 2 is 1.95 bits per heavy atom. The number of hydrogen-bond acceptors (Lipinski definition) is 5. The van der Waals surface area contributed by atoms with Crippen LogP contribution in [0.3, 0.4) is 0 Å². The van der Waals surface area contributed by atoms with Crippen LogP contribution >= 0.6 is 0 Å². The highest BCUT2D eigenvalue weighted by atomic mass is 16.5. The van der Waals surface area contributed by atoms with Crippen LogP contribution in [0.5, 0.6) is 11.5 Å². The van der Waals surface area contributed by atoms with Crippen LogP contribution in [0, 0.1) is 0 Å². The van der Waals surface area contributed by atoms with Gasteiger partial charge in [0.25, 0.3) is 0 Å². The molecule has 6 heteroatoms. The van der Waals surface area contributed by atoms with Crippen molar-refractivity contribution < 1.29 is 14.6 Å². The van der Waals surface area contributed by atoms with Crippen LogP contribution in [0.4, 0.5) is 5.82 Å². The lowest BCUT2D eigenvalue weighted by Crippen LogP contribution is -2.08. The fraction of sp³-hybridized carbons (Fsp3) is 0.308. The largest absolute Gasteiger partial charge is 0.497 e. The van der Waals surface area contributed by atoms with E-state index in [0.29, 0.717) is 19.0 Å². The van der Waals surface area contributed by atoms with Crippen LogP contribution in [0.15, 0.2) is 30.3 Å².